The molecule has 0 aromatic carbocycles. The summed E-state index contributed by atoms with van der Waals surface area (Å²) in [5.41, 5.74) is 0. The predicted molar refractivity (Wildman–Crippen MR) is 61.5 cm³/mol. The maximum absolute atomic E-state index is 11.3. The van der Waals surface area contributed by atoms with Crippen LogP contribution in [-0.2, 0) is 4.79 Å². The van der Waals surface area contributed by atoms with Crippen LogP contribution in [0.5, 0.6) is 0 Å². The van der Waals surface area contributed by atoms with Gasteiger partial charge in [0.15, 0.2) is 0 Å². The Morgan fingerprint density at radius 2 is 2.47 bits per heavy atom. The van der Waals surface area contributed by atoms with Gasteiger partial charge < -0.3 is 5.32 Å². The highest BCUT2D eigenvalue weighted by Crippen LogP contribution is 2.12. The first kappa shape index (κ1) is 10.4. The van der Waals surface area contributed by atoms with Gasteiger partial charge in [-0.15, -0.1) is 11.3 Å². The topological polar surface area (TPSA) is 42.0 Å². The number of hydrogen-bond acceptors (Lipinski definition) is 3. The number of thiazole rings is 1. The molecule has 0 radical (unpaired) electrons. The fourth-order valence-corrected chi connectivity index (χ4v) is 2.20. The second-order valence-electron chi connectivity index (χ2n) is 3.65. The van der Waals surface area contributed by atoms with Gasteiger partial charge in [0.05, 0.1) is 0 Å². The number of carbonyl (C=O) groups is 1. The van der Waals surface area contributed by atoms with Gasteiger partial charge in [-0.2, -0.15) is 0 Å². The fraction of sp³-hybridized carbons (Fsp3) is 0.455. The Bertz CT molecular complexity index is 345. The largest absolute Gasteiger partial charge is 0.350 e. The van der Waals surface area contributed by atoms with E-state index in [4.69, 9.17) is 0 Å². The number of amides is 1. The highest BCUT2D eigenvalue weighted by Gasteiger charge is 2.13. The summed E-state index contributed by atoms with van der Waals surface area (Å²) >= 11 is 1.61. The number of carbonyl (C=O) groups excluding carboxylic acids is 1. The zero-order valence-corrected chi connectivity index (χ0v) is 9.30. The van der Waals surface area contributed by atoms with E-state index in [1.54, 1.807) is 17.5 Å². The molecule has 15 heavy (non-hydrogen) atoms. The van der Waals surface area contributed by atoms with Gasteiger partial charge in [-0.1, -0.05) is 12.5 Å². The van der Waals surface area contributed by atoms with E-state index in [0.29, 0.717) is 6.42 Å². The van der Waals surface area contributed by atoms with Crippen molar-refractivity contribution in [3.63, 3.8) is 0 Å². The quantitative estimate of drug-likeness (QED) is 0.833. The molecule has 4 heteroatoms. The van der Waals surface area contributed by atoms with E-state index < -0.39 is 0 Å². The monoisotopic (exact) mass is 222 g/mol. The molecule has 2 rings (SSSR count). The number of nitrogens with one attached hydrogen (secondary N) is 1. The molecule has 1 fully saturated rings. The molecule has 1 N–H and O–H groups in total. The van der Waals surface area contributed by atoms with Gasteiger partial charge in [0.2, 0.25) is 5.91 Å². The summed E-state index contributed by atoms with van der Waals surface area (Å²) < 4.78 is 0. The van der Waals surface area contributed by atoms with Crippen LogP contribution in [0.15, 0.2) is 17.7 Å². The molecule has 1 aromatic rings. The maximum Gasteiger partial charge on any atom is 0.220 e. The third-order valence-electron chi connectivity index (χ3n) is 2.44. The third kappa shape index (κ3) is 3.16. The molecule has 3 nitrogen and oxygen atoms in total. The Hall–Kier alpha value is -1.16. The zero-order valence-electron chi connectivity index (χ0n) is 8.48. The summed E-state index contributed by atoms with van der Waals surface area (Å²) in [5, 5.41) is 5.94. The first-order valence-corrected chi connectivity index (χ1v) is 6.09. The average molecular weight is 222 g/mol. The number of nitrogens with zero attached hydrogens (tertiary/aromatic N) is 1. The summed E-state index contributed by atoms with van der Waals surface area (Å²) in [6, 6.07) is 0.184. The summed E-state index contributed by atoms with van der Waals surface area (Å²) in [6.07, 6.45) is 9.65. The third-order valence-corrected chi connectivity index (χ3v) is 3.18. The first-order chi connectivity index (χ1) is 7.34. The molecule has 80 valence electrons. The lowest BCUT2D eigenvalue weighted by molar-refractivity contribution is -0.121. The molecule has 2 heterocycles. The maximum atomic E-state index is 11.3. The van der Waals surface area contributed by atoms with E-state index in [2.05, 4.69) is 10.3 Å². The van der Waals surface area contributed by atoms with Crippen LogP contribution in [-0.4, -0.2) is 16.9 Å². The molecule has 0 bridgehead atoms. The van der Waals surface area contributed by atoms with Crippen LogP contribution >= 0.6 is 11.3 Å². The van der Waals surface area contributed by atoms with Crippen molar-refractivity contribution >= 4 is 23.3 Å². The predicted octanol–water partition coefficient (Wildman–Crippen LogP) is 2.22. The molecule has 1 aliphatic rings. The first-order valence-electron chi connectivity index (χ1n) is 5.21. The molecular formula is C11H14N2OS. The van der Waals surface area contributed by atoms with E-state index >= 15 is 0 Å². The Morgan fingerprint density at radius 3 is 3.27 bits per heavy atom. The van der Waals surface area contributed by atoms with Crippen LogP contribution in [0.25, 0.3) is 6.08 Å². The normalized spacial score (nSPS) is 22.7. The van der Waals surface area contributed by atoms with Gasteiger partial charge in [-0.05, 0) is 18.9 Å². The Kier molecular flexibility index (Phi) is 3.50. The Balaban J connectivity index is 1.95. The van der Waals surface area contributed by atoms with E-state index in [0.717, 1.165) is 24.3 Å². The van der Waals surface area contributed by atoms with Crippen molar-refractivity contribution in [3.8, 4) is 0 Å². The molecule has 1 unspecified atom stereocenters. The van der Waals surface area contributed by atoms with E-state index in [9.17, 15) is 4.79 Å². The second kappa shape index (κ2) is 5.07. The molecule has 1 amide bonds. The van der Waals surface area contributed by atoms with Crippen molar-refractivity contribution < 1.29 is 4.79 Å². The van der Waals surface area contributed by atoms with Crippen LogP contribution in [0.1, 0.15) is 30.7 Å². The molecule has 1 saturated heterocycles. The fourth-order valence-electron chi connectivity index (χ4n) is 1.66. The van der Waals surface area contributed by atoms with Crippen LogP contribution in [0, 0.1) is 0 Å². The lowest BCUT2D eigenvalue weighted by Crippen LogP contribution is -2.30. The average Bonchev–Trinajstić information content (AvgIpc) is 2.65. The smallest absolute Gasteiger partial charge is 0.220 e. The molecule has 1 aliphatic heterocycles. The van der Waals surface area contributed by atoms with Crippen molar-refractivity contribution in [3.05, 3.63) is 22.7 Å². The van der Waals surface area contributed by atoms with Crippen molar-refractivity contribution in [2.45, 2.75) is 31.7 Å². The molecular weight excluding hydrogens is 208 g/mol. The number of rotatable bonds is 2. The molecule has 1 aromatic heterocycles. The van der Waals surface area contributed by atoms with E-state index in [1.165, 1.54) is 0 Å². The summed E-state index contributed by atoms with van der Waals surface area (Å²) in [7, 11) is 0. The minimum atomic E-state index is 0.168. The van der Waals surface area contributed by atoms with E-state index in [1.807, 2.05) is 17.5 Å². The van der Waals surface area contributed by atoms with Crippen molar-refractivity contribution in [1.82, 2.24) is 10.3 Å². The highest BCUT2D eigenvalue weighted by atomic mass is 32.1. The number of hydrogen-bond donors (Lipinski definition) is 1. The Morgan fingerprint density at radius 1 is 1.53 bits per heavy atom. The van der Waals surface area contributed by atoms with Crippen LogP contribution < -0.4 is 5.32 Å². The van der Waals surface area contributed by atoms with Crippen LogP contribution in [0.3, 0.4) is 0 Å². The number of aromatic nitrogens is 1. The van der Waals surface area contributed by atoms with Gasteiger partial charge >= 0.3 is 0 Å². The highest BCUT2D eigenvalue weighted by molar-refractivity contribution is 7.10. The van der Waals surface area contributed by atoms with Crippen molar-refractivity contribution in [1.29, 1.82) is 0 Å². The van der Waals surface area contributed by atoms with E-state index in [-0.39, 0.29) is 11.9 Å². The lowest BCUT2D eigenvalue weighted by Gasteiger charge is -2.09. The molecule has 0 aliphatic carbocycles. The van der Waals surface area contributed by atoms with Gasteiger partial charge in [0.1, 0.15) is 5.01 Å². The van der Waals surface area contributed by atoms with Crippen molar-refractivity contribution in [2.75, 3.05) is 0 Å². The van der Waals surface area contributed by atoms with Gasteiger partial charge in [0.25, 0.3) is 0 Å². The molecule has 0 saturated carbocycles. The molecule has 0 spiro atoms. The van der Waals surface area contributed by atoms with Crippen LogP contribution in [0.4, 0.5) is 0 Å². The second-order valence-corrected chi connectivity index (χ2v) is 4.58. The lowest BCUT2D eigenvalue weighted by atomic mass is 10.1. The summed E-state index contributed by atoms with van der Waals surface area (Å²) in [4.78, 5) is 15.5. The minimum absolute atomic E-state index is 0.168. The zero-order chi connectivity index (χ0) is 10.5. The minimum Gasteiger partial charge on any atom is -0.350 e. The van der Waals surface area contributed by atoms with Gasteiger partial charge in [0, 0.05) is 24.0 Å². The van der Waals surface area contributed by atoms with Crippen molar-refractivity contribution in [2.24, 2.45) is 0 Å². The molecule has 1 atom stereocenters. The van der Waals surface area contributed by atoms with Gasteiger partial charge in [-0.25, -0.2) is 4.98 Å². The standard InChI is InChI=1S/C11H14N2OS/c14-10-4-2-1-3-9(13-10)5-6-11-12-7-8-15-11/h5-9H,1-4H2,(H,13,14). The summed E-state index contributed by atoms with van der Waals surface area (Å²) in [6.45, 7) is 0. The summed E-state index contributed by atoms with van der Waals surface area (Å²) in [5.74, 6) is 0.168. The Labute approximate surface area is 93.2 Å². The SMILES string of the molecule is O=C1CCCCC(C=Cc2nccs2)N1. The van der Waals surface area contributed by atoms with Gasteiger partial charge in [-0.3, -0.25) is 4.79 Å². The van der Waals surface area contributed by atoms with Crippen LogP contribution in [0.2, 0.25) is 0 Å².